The highest BCUT2D eigenvalue weighted by Gasteiger charge is 2.19. The van der Waals surface area contributed by atoms with Crippen LogP contribution < -0.4 is 0 Å². The Bertz CT molecular complexity index is 1990. The van der Waals surface area contributed by atoms with Gasteiger partial charge in [-0.25, -0.2) is 0 Å². The van der Waals surface area contributed by atoms with Gasteiger partial charge in [0.05, 0.1) is 0 Å². The second-order valence-corrected chi connectivity index (χ2v) is 20.9. The van der Waals surface area contributed by atoms with E-state index in [9.17, 15) is 14.4 Å². The SMILES string of the molecule is CC/C=C\C/C=C\C/C=C\C/C=C\C/C=C\C/C=C\C/C=C\CCCC(=O)OCC(COC(=O)CCCCCCCCCC/C=C\C/C=C\C/C=C\C/C=C\CC)OC(=O)CCCCCCC/C=C\C/C=C\C/C=C\C/C=C\C/C=C\CC. The van der Waals surface area contributed by atoms with Gasteiger partial charge in [0.1, 0.15) is 13.2 Å². The smallest absolute Gasteiger partial charge is 0.306 e. The topological polar surface area (TPSA) is 78.9 Å². The molecule has 0 saturated heterocycles. The number of unbranched alkanes of at least 4 members (excludes halogenated alkanes) is 14. The van der Waals surface area contributed by atoms with Crippen molar-refractivity contribution in [2.75, 3.05) is 13.2 Å². The van der Waals surface area contributed by atoms with Crippen LogP contribution in [0.2, 0.25) is 0 Å². The molecule has 0 spiro atoms. The number of hydrogen-bond donors (Lipinski definition) is 0. The van der Waals surface area contributed by atoms with Gasteiger partial charge in [-0.15, -0.1) is 0 Å². The van der Waals surface area contributed by atoms with Crippen LogP contribution in [0.1, 0.15) is 252 Å². The van der Waals surface area contributed by atoms with Crippen LogP contribution in [0, 0.1) is 0 Å². The van der Waals surface area contributed by atoms with Crippen molar-refractivity contribution >= 4 is 17.9 Å². The molecule has 0 aromatic rings. The molecule has 0 bridgehead atoms. The summed E-state index contributed by atoms with van der Waals surface area (Å²) in [7, 11) is 0. The minimum atomic E-state index is -0.830. The summed E-state index contributed by atoms with van der Waals surface area (Å²) in [6.07, 6.45) is 104. The summed E-state index contributed by atoms with van der Waals surface area (Å²) in [5, 5.41) is 0. The molecule has 0 aliphatic heterocycles. The van der Waals surface area contributed by atoms with E-state index in [-0.39, 0.29) is 44.0 Å². The number of esters is 3. The van der Waals surface area contributed by atoms with E-state index in [4.69, 9.17) is 14.2 Å². The Hall–Kier alpha value is -5.75. The molecule has 0 aromatic carbocycles. The minimum Gasteiger partial charge on any atom is -0.462 e. The van der Waals surface area contributed by atoms with Crippen molar-refractivity contribution in [1.82, 2.24) is 0 Å². The third-order valence-electron chi connectivity index (χ3n) is 13.1. The van der Waals surface area contributed by atoms with E-state index in [1.165, 1.54) is 32.1 Å². The molecule has 0 heterocycles. The summed E-state index contributed by atoms with van der Waals surface area (Å²) in [6.45, 7) is 6.22. The van der Waals surface area contributed by atoms with Gasteiger partial charge in [0.25, 0.3) is 0 Å². The summed E-state index contributed by atoms with van der Waals surface area (Å²) in [4.78, 5) is 38.4. The number of allylic oxidation sites excluding steroid dienone is 32. The average Bonchev–Trinajstić information content (AvgIpc) is 3.49. The Balaban J connectivity index is 4.59. The monoisotopic (exact) mass is 1140 g/mol. The van der Waals surface area contributed by atoms with Gasteiger partial charge in [0.2, 0.25) is 0 Å². The van der Waals surface area contributed by atoms with Crippen molar-refractivity contribution in [2.24, 2.45) is 0 Å². The Morgan fingerprint density at radius 3 is 0.723 bits per heavy atom. The lowest BCUT2D eigenvalue weighted by Gasteiger charge is -2.18. The first-order valence-electron chi connectivity index (χ1n) is 32.9. The van der Waals surface area contributed by atoms with E-state index in [1.54, 1.807) is 0 Å². The summed E-state index contributed by atoms with van der Waals surface area (Å²) in [5.74, 6) is -1.01. The summed E-state index contributed by atoms with van der Waals surface area (Å²) >= 11 is 0. The largest absolute Gasteiger partial charge is 0.462 e. The maximum atomic E-state index is 12.9. The lowest BCUT2D eigenvalue weighted by molar-refractivity contribution is -0.167. The molecule has 0 aliphatic carbocycles. The molecule has 1 unspecified atom stereocenters. The van der Waals surface area contributed by atoms with Crippen molar-refractivity contribution in [2.45, 2.75) is 258 Å². The van der Waals surface area contributed by atoms with Crippen molar-refractivity contribution < 1.29 is 28.6 Å². The molecule has 0 aromatic heterocycles. The van der Waals surface area contributed by atoms with Crippen LogP contribution >= 0.6 is 0 Å². The van der Waals surface area contributed by atoms with Gasteiger partial charge in [-0.1, -0.05) is 273 Å². The molecule has 83 heavy (non-hydrogen) atoms. The summed E-state index contributed by atoms with van der Waals surface area (Å²) in [5.41, 5.74) is 0. The molecule has 462 valence electrons. The van der Waals surface area contributed by atoms with Gasteiger partial charge in [0, 0.05) is 19.3 Å². The molecule has 0 amide bonds. The Morgan fingerprint density at radius 2 is 0.446 bits per heavy atom. The molecule has 0 rings (SSSR count). The number of carbonyl (C=O) groups excluding carboxylic acids is 3. The first-order valence-corrected chi connectivity index (χ1v) is 32.9. The summed E-state index contributed by atoms with van der Waals surface area (Å²) in [6, 6.07) is 0. The molecule has 0 fully saturated rings. The fraction of sp³-hybridized carbons (Fsp3) is 0.545. The third kappa shape index (κ3) is 66.9. The van der Waals surface area contributed by atoms with Crippen LogP contribution in [0.15, 0.2) is 194 Å². The molecule has 1 atom stereocenters. The van der Waals surface area contributed by atoms with Crippen LogP contribution in [0.25, 0.3) is 0 Å². The zero-order valence-electron chi connectivity index (χ0n) is 52.9. The first kappa shape index (κ1) is 77.2. The van der Waals surface area contributed by atoms with Crippen molar-refractivity contribution in [3.63, 3.8) is 0 Å². The molecular weight excluding hydrogens is 1020 g/mol. The fourth-order valence-electron chi connectivity index (χ4n) is 8.27. The number of carbonyl (C=O) groups is 3. The highest BCUT2D eigenvalue weighted by Crippen LogP contribution is 2.14. The van der Waals surface area contributed by atoms with Crippen LogP contribution in [-0.4, -0.2) is 37.2 Å². The minimum absolute atomic E-state index is 0.119. The maximum Gasteiger partial charge on any atom is 0.306 e. The molecule has 0 saturated carbocycles. The van der Waals surface area contributed by atoms with Gasteiger partial charge in [-0.05, 0) is 154 Å². The van der Waals surface area contributed by atoms with Crippen LogP contribution in [-0.2, 0) is 28.6 Å². The Labute approximate surface area is 509 Å². The zero-order chi connectivity index (χ0) is 59.9. The second-order valence-electron chi connectivity index (χ2n) is 20.9. The summed E-state index contributed by atoms with van der Waals surface area (Å²) < 4.78 is 16.9. The van der Waals surface area contributed by atoms with Gasteiger partial charge < -0.3 is 14.2 Å². The van der Waals surface area contributed by atoms with E-state index in [0.717, 1.165) is 173 Å². The fourth-order valence-corrected chi connectivity index (χ4v) is 8.27. The van der Waals surface area contributed by atoms with Crippen molar-refractivity contribution in [3.8, 4) is 0 Å². The van der Waals surface area contributed by atoms with Crippen molar-refractivity contribution in [3.05, 3.63) is 194 Å². The van der Waals surface area contributed by atoms with E-state index in [1.807, 2.05) is 0 Å². The van der Waals surface area contributed by atoms with Crippen LogP contribution in [0.3, 0.4) is 0 Å². The van der Waals surface area contributed by atoms with E-state index in [0.29, 0.717) is 12.8 Å². The van der Waals surface area contributed by atoms with Gasteiger partial charge in [-0.2, -0.15) is 0 Å². The standard InChI is InChI=1S/C77H118O6/c1-4-7-10-13-16-19-22-25-28-31-34-37-38-41-43-46-49-52-55-58-61-64-67-70-76(79)82-73-74(83-77(80)71-68-65-62-59-56-53-50-47-44-40-36-33-30-27-24-21-18-15-12-9-6-3)72-81-75(78)69-66-63-60-57-54-51-48-45-42-39-35-32-29-26-23-20-17-14-11-8-5-2/h7-12,16-21,25-30,34-37,39-41,43,47,49-50,52,58,61,74H,4-6,13-15,22-24,31-33,38,42,44-46,48,51,53-57,59-60,62-73H2,1-3H3/b10-7-,11-8-,12-9-,19-16-,20-17-,21-18-,28-25-,29-26-,30-27-,37-34-,39-35-,40-36-,43-41-,50-47-,52-49-,61-58-. The predicted octanol–water partition coefficient (Wildman–Crippen LogP) is 23.0. The van der Waals surface area contributed by atoms with Crippen molar-refractivity contribution in [1.29, 1.82) is 0 Å². The Morgan fingerprint density at radius 1 is 0.241 bits per heavy atom. The number of rotatable bonds is 57. The van der Waals surface area contributed by atoms with E-state index in [2.05, 4.69) is 215 Å². The second kappa shape index (κ2) is 68.7. The lowest BCUT2D eigenvalue weighted by atomic mass is 10.1. The number of ether oxygens (including phenoxy) is 3. The maximum absolute atomic E-state index is 12.9. The average molecular weight is 1140 g/mol. The Kier molecular flexibility index (Phi) is 64.0. The highest BCUT2D eigenvalue weighted by molar-refractivity contribution is 5.71. The molecular formula is C77H118O6. The molecule has 6 heteroatoms. The molecule has 0 N–H and O–H groups in total. The van der Waals surface area contributed by atoms with E-state index >= 15 is 0 Å². The van der Waals surface area contributed by atoms with E-state index < -0.39 is 6.10 Å². The normalized spacial score (nSPS) is 13.4. The van der Waals surface area contributed by atoms with Crippen LogP contribution in [0.4, 0.5) is 0 Å². The number of hydrogen-bond acceptors (Lipinski definition) is 6. The molecule has 0 aliphatic rings. The first-order chi connectivity index (χ1) is 41.0. The lowest BCUT2D eigenvalue weighted by Crippen LogP contribution is -2.30. The highest BCUT2D eigenvalue weighted by atomic mass is 16.6. The third-order valence-corrected chi connectivity index (χ3v) is 13.1. The van der Waals surface area contributed by atoms with Gasteiger partial charge in [0.15, 0.2) is 6.10 Å². The molecule has 0 radical (unpaired) electrons. The zero-order valence-corrected chi connectivity index (χ0v) is 52.9. The predicted molar refractivity (Wildman–Crippen MR) is 361 cm³/mol. The van der Waals surface area contributed by atoms with Gasteiger partial charge >= 0.3 is 17.9 Å². The molecule has 6 nitrogen and oxygen atoms in total. The quantitative estimate of drug-likeness (QED) is 0.0261. The van der Waals surface area contributed by atoms with Crippen LogP contribution in [0.5, 0.6) is 0 Å². The van der Waals surface area contributed by atoms with Gasteiger partial charge in [-0.3, -0.25) is 14.4 Å².